The summed E-state index contributed by atoms with van der Waals surface area (Å²) in [4.78, 5) is 2.61. The zero-order valence-corrected chi connectivity index (χ0v) is 13.3. The molecular formula is C15H32N2O. The molecule has 108 valence electrons. The van der Waals surface area contributed by atoms with Crippen LogP contribution in [0.25, 0.3) is 0 Å². The maximum absolute atomic E-state index is 5.87. The second-order valence-corrected chi connectivity index (χ2v) is 7.17. The summed E-state index contributed by atoms with van der Waals surface area (Å²) >= 11 is 0. The molecule has 0 aromatic heterocycles. The molecule has 0 aromatic carbocycles. The molecule has 0 amide bonds. The fourth-order valence-corrected chi connectivity index (χ4v) is 2.95. The highest BCUT2D eigenvalue weighted by Crippen LogP contribution is 2.23. The molecule has 0 aliphatic carbocycles. The van der Waals surface area contributed by atoms with Crippen LogP contribution >= 0.6 is 0 Å². The molecule has 0 bridgehead atoms. The minimum absolute atomic E-state index is 0.0602. The first-order valence-electron chi connectivity index (χ1n) is 7.30. The van der Waals surface area contributed by atoms with E-state index in [1.54, 1.807) is 0 Å². The van der Waals surface area contributed by atoms with Crippen LogP contribution in [0.4, 0.5) is 0 Å². The summed E-state index contributed by atoms with van der Waals surface area (Å²) in [5, 5.41) is 3.66. The Kier molecular flexibility index (Phi) is 5.22. The van der Waals surface area contributed by atoms with Gasteiger partial charge in [0.15, 0.2) is 0 Å². The summed E-state index contributed by atoms with van der Waals surface area (Å²) in [6.07, 6.45) is 0. The van der Waals surface area contributed by atoms with Crippen molar-refractivity contribution < 1.29 is 4.74 Å². The van der Waals surface area contributed by atoms with E-state index in [-0.39, 0.29) is 11.1 Å². The fourth-order valence-electron chi connectivity index (χ4n) is 2.95. The van der Waals surface area contributed by atoms with Gasteiger partial charge >= 0.3 is 0 Å². The highest BCUT2D eigenvalue weighted by Gasteiger charge is 2.36. The summed E-state index contributed by atoms with van der Waals surface area (Å²) in [6, 6.07) is 0.609. The number of piperazine rings is 1. The third-order valence-electron chi connectivity index (χ3n) is 3.75. The Morgan fingerprint density at radius 1 is 1.39 bits per heavy atom. The first kappa shape index (κ1) is 15.9. The van der Waals surface area contributed by atoms with Crippen molar-refractivity contribution in [3.8, 4) is 0 Å². The minimum Gasteiger partial charge on any atom is -0.375 e. The van der Waals surface area contributed by atoms with E-state index >= 15 is 0 Å². The molecule has 3 nitrogen and oxygen atoms in total. The maximum Gasteiger partial charge on any atom is 0.0752 e. The van der Waals surface area contributed by atoms with E-state index in [0.717, 1.165) is 26.2 Å². The van der Waals surface area contributed by atoms with Crippen LogP contribution in [0.1, 0.15) is 48.5 Å². The number of ether oxygens (including phenoxy) is 1. The van der Waals surface area contributed by atoms with Gasteiger partial charge in [-0.15, -0.1) is 0 Å². The Labute approximate surface area is 113 Å². The van der Waals surface area contributed by atoms with Gasteiger partial charge in [0, 0.05) is 37.8 Å². The van der Waals surface area contributed by atoms with E-state index in [9.17, 15) is 0 Å². The smallest absolute Gasteiger partial charge is 0.0752 e. The fraction of sp³-hybridized carbons (Fsp3) is 1.00. The van der Waals surface area contributed by atoms with E-state index in [0.29, 0.717) is 12.0 Å². The summed E-state index contributed by atoms with van der Waals surface area (Å²) in [7, 11) is 0. The van der Waals surface area contributed by atoms with Crippen molar-refractivity contribution in [1.29, 1.82) is 0 Å². The Bertz CT molecular complexity index is 261. The zero-order chi connectivity index (χ0) is 14.0. The number of nitrogens with zero attached hydrogens (tertiary/aromatic N) is 1. The predicted octanol–water partition coefficient (Wildman–Crippen LogP) is 2.51. The van der Waals surface area contributed by atoms with Gasteiger partial charge in [0.05, 0.1) is 5.60 Å². The largest absolute Gasteiger partial charge is 0.375 e. The lowest BCUT2D eigenvalue weighted by Gasteiger charge is -2.48. The van der Waals surface area contributed by atoms with Crippen molar-refractivity contribution in [3.05, 3.63) is 0 Å². The minimum atomic E-state index is -0.0602. The van der Waals surface area contributed by atoms with E-state index in [1.807, 2.05) is 0 Å². The van der Waals surface area contributed by atoms with Crippen molar-refractivity contribution in [2.75, 3.05) is 26.2 Å². The number of rotatable bonds is 5. The molecule has 0 radical (unpaired) electrons. The van der Waals surface area contributed by atoms with E-state index < -0.39 is 0 Å². The van der Waals surface area contributed by atoms with Crippen LogP contribution in [-0.4, -0.2) is 48.3 Å². The Morgan fingerprint density at radius 2 is 2.00 bits per heavy atom. The van der Waals surface area contributed by atoms with Crippen LogP contribution < -0.4 is 5.32 Å². The van der Waals surface area contributed by atoms with Gasteiger partial charge in [-0.2, -0.15) is 0 Å². The van der Waals surface area contributed by atoms with Gasteiger partial charge < -0.3 is 10.1 Å². The second kappa shape index (κ2) is 5.89. The Balaban J connectivity index is 2.73. The molecular weight excluding hydrogens is 224 g/mol. The zero-order valence-electron chi connectivity index (χ0n) is 13.3. The number of nitrogens with one attached hydrogen (secondary N) is 1. The average Bonchev–Trinajstić information content (AvgIpc) is 2.14. The lowest BCUT2D eigenvalue weighted by molar-refractivity contribution is -0.0588. The Hall–Kier alpha value is -0.120. The van der Waals surface area contributed by atoms with Gasteiger partial charge in [-0.3, -0.25) is 4.90 Å². The molecule has 1 fully saturated rings. The molecule has 1 rings (SSSR count). The van der Waals surface area contributed by atoms with Crippen molar-refractivity contribution in [2.24, 2.45) is 5.92 Å². The first-order valence-corrected chi connectivity index (χ1v) is 7.30. The topological polar surface area (TPSA) is 24.5 Å². The SMILES string of the molecule is CCOC(C)(C)CN1CC(C)(C)NCC1C(C)C. The molecule has 0 aromatic rings. The number of hydrogen-bond acceptors (Lipinski definition) is 3. The van der Waals surface area contributed by atoms with Crippen LogP contribution in [0.2, 0.25) is 0 Å². The van der Waals surface area contributed by atoms with Crippen LogP contribution in [0.5, 0.6) is 0 Å². The molecule has 1 atom stereocenters. The number of hydrogen-bond donors (Lipinski definition) is 1. The normalized spacial score (nSPS) is 25.7. The van der Waals surface area contributed by atoms with Crippen LogP contribution in [0, 0.1) is 5.92 Å². The molecule has 3 heteroatoms. The van der Waals surface area contributed by atoms with Gasteiger partial charge in [0.1, 0.15) is 0 Å². The molecule has 0 spiro atoms. The van der Waals surface area contributed by atoms with Gasteiger partial charge in [-0.1, -0.05) is 13.8 Å². The van der Waals surface area contributed by atoms with Crippen LogP contribution in [-0.2, 0) is 4.74 Å². The van der Waals surface area contributed by atoms with Crippen molar-refractivity contribution in [3.63, 3.8) is 0 Å². The van der Waals surface area contributed by atoms with E-state index in [4.69, 9.17) is 4.74 Å². The molecule has 1 unspecified atom stereocenters. The van der Waals surface area contributed by atoms with Crippen molar-refractivity contribution in [2.45, 2.75) is 65.6 Å². The molecule has 1 saturated heterocycles. The van der Waals surface area contributed by atoms with Gasteiger partial charge in [0.25, 0.3) is 0 Å². The Morgan fingerprint density at radius 3 is 2.50 bits per heavy atom. The summed E-state index contributed by atoms with van der Waals surface area (Å²) in [5.74, 6) is 0.672. The van der Waals surface area contributed by atoms with Crippen LogP contribution in [0.15, 0.2) is 0 Å². The highest BCUT2D eigenvalue weighted by molar-refractivity contribution is 4.95. The lowest BCUT2D eigenvalue weighted by Crippen LogP contribution is -2.64. The van der Waals surface area contributed by atoms with Gasteiger partial charge in [0.2, 0.25) is 0 Å². The monoisotopic (exact) mass is 256 g/mol. The van der Waals surface area contributed by atoms with Gasteiger partial charge in [-0.25, -0.2) is 0 Å². The van der Waals surface area contributed by atoms with E-state index in [1.165, 1.54) is 0 Å². The molecule has 1 aliphatic heterocycles. The summed E-state index contributed by atoms with van der Waals surface area (Å²) in [5.41, 5.74) is 0.142. The first-order chi connectivity index (χ1) is 8.17. The lowest BCUT2D eigenvalue weighted by atomic mass is 9.91. The second-order valence-electron chi connectivity index (χ2n) is 7.17. The van der Waals surface area contributed by atoms with Crippen molar-refractivity contribution in [1.82, 2.24) is 10.2 Å². The van der Waals surface area contributed by atoms with Crippen LogP contribution in [0.3, 0.4) is 0 Å². The summed E-state index contributed by atoms with van der Waals surface area (Å²) in [6.45, 7) is 19.6. The maximum atomic E-state index is 5.87. The molecule has 1 aliphatic rings. The molecule has 1 N–H and O–H groups in total. The standard InChI is InChI=1S/C15H32N2O/c1-8-18-15(6,7)11-17-10-14(4,5)16-9-13(17)12(2)3/h12-13,16H,8-11H2,1-7H3. The average molecular weight is 256 g/mol. The van der Waals surface area contributed by atoms with Crippen molar-refractivity contribution >= 4 is 0 Å². The molecule has 0 saturated carbocycles. The highest BCUT2D eigenvalue weighted by atomic mass is 16.5. The third-order valence-corrected chi connectivity index (χ3v) is 3.75. The quantitative estimate of drug-likeness (QED) is 0.818. The summed E-state index contributed by atoms with van der Waals surface area (Å²) < 4.78 is 5.87. The third kappa shape index (κ3) is 4.52. The molecule has 1 heterocycles. The predicted molar refractivity (Wildman–Crippen MR) is 78.0 cm³/mol. The molecule has 18 heavy (non-hydrogen) atoms. The van der Waals surface area contributed by atoms with Gasteiger partial charge in [-0.05, 0) is 40.5 Å². The van der Waals surface area contributed by atoms with E-state index in [2.05, 4.69) is 58.7 Å².